The highest BCUT2D eigenvalue weighted by Crippen LogP contribution is 2.27. The van der Waals surface area contributed by atoms with Crippen LogP contribution in [0.1, 0.15) is 5.56 Å². The number of anilines is 1. The summed E-state index contributed by atoms with van der Waals surface area (Å²) in [6.45, 7) is 0. The van der Waals surface area contributed by atoms with E-state index < -0.39 is 0 Å². The van der Waals surface area contributed by atoms with Gasteiger partial charge in [-0.25, -0.2) is 9.97 Å². The Kier molecular flexibility index (Phi) is 6.36. The second-order valence-electron chi connectivity index (χ2n) is 6.65. The first kappa shape index (κ1) is 20.3. The van der Waals surface area contributed by atoms with Crippen molar-refractivity contribution in [3.05, 3.63) is 96.6 Å². The molecule has 5 nitrogen and oxygen atoms in total. The summed E-state index contributed by atoms with van der Waals surface area (Å²) in [7, 11) is 0. The second kappa shape index (κ2) is 9.70. The van der Waals surface area contributed by atoms with E-state index in [0.29, 0.717) is 16.4 Å². The maximum Gasteiger partial charge on any atom is 0.234 e. The van der Waals surface area contributed by atoms with Crippen LogP contribution in [0.3, 0.4) is 0 Å². The number of thioether (sulfide) groups is 1. The predicted molar refractivity (Wildman–Crippen MR) is 123 cm³/mol. The van der Waals surface area contributed by atoms with Crippen molar-refractivity contribution in [3.8, 4) is 28.6 Å². The number of aromatic nitrogens is 2. The molecule has 0 saturated carbocycles. The number of nitrogens with zero attached hydrogens (tertiary/aromatic N) is 3. The molecular formula is C25H18N4OS. The van der Waals surface area contributed by atoms with Crippen LogP contribution in [-0.4, -0.2) is 21.6 Å². The van der Waals surface area contributed by atoms with Crippen LogP contribution in [0.2, 0.25) is 0 Å². The van der Waals surface area contributed by atoms with Crippen molar-refractivity contribution in [3.63, 3.8) is 0 Å². The number of carbonyl (C=O) groups excluding carboxylic acids is 1. The van der Waals surface area contributed by atoms with Crippen molar-refractivity contribution in [2.45, 2.75) is 5.16 Å². The lowest BCUT2D eigenvalue weighted by molar-refractivity contribution is -0.113. The third kappa shape index (κ3) is 5.16. The minimum atomic E-state index is -0.220. The van der Waals surface area contributed by atoms with E-state index in [2.05, 4.69) is 21.4 Å². The number of hydrogen-bond acceptors (Lipinski definition) is 5. The van der Waals surface area contributed by atoms with Gasteiger partial charge in [0.2, 0.25) is 5.91 Å². The zero-order chi connectivity index (χ0) is 21.5. The summed E-state index contributed by atoms with van der Waals surface area (Å²) in [5.41, 5.74) is 4.49. The fraction of sp³-hybridized carbons (Fsp3) is 0.0400. The predicted octanol–water partition coefficient (Wildman–Crippen LogP) is 5.41. The van der Waals surface area contributed by atoms with Crippen LogP contribution in [0, 0.1) is 11.3 Å². The minimum Gasteiger partial charge on any atom is -0.324 e. The van der Waals surface area contributed by atoms with Gasteiger partial charge in [-0.3, -0.25) is 4.79 Å². The number of para-hydroxylation sites is 1. The monoisotopic (exact) mass is 422 g/mol. The Morgan fingerprint density at radius 1 is 0.839 bits per heavy atom. The van der Waals surface area contributed by atoms with Crippen LogP contribution >= 0.6 is 11.8 Å². The van der Waals surface area contributed by atoms with Crippen LogP contribution in [-0.2, 0) is 4.79 Å². The van der Waals surface area contributed by atoms with Crippen LogP contribution in [0.4, 0.5) is 5.69 Å². The number of hydrogen-bond donors (Lipinski definition) is 1. The minimum absolute atomic E-state index is 0.131. The molecule has 1 amide bonds. The molecule has 0 fully saturated rings. The van der Waals surface area contributed by atoms with Gasteiger partial charge in [0.25, 0.3) is 0 Å². The second-order valence-corrected chi connectivity index (χ2v) is 7.59. The third-order valence-corrected chi connectivity index (χ3v) is 5.35. The van der Waals surface area contributed by atoms with Gasteiger partial charge in [0, 0.05) is 11.1 Å². The molecule has 0 aliphatic carbocycles. The highest BCUT2D eigenvalue weighted by atomic mass is 32.2. The van der Waals surface area contributed by atoms with Gasteiger partial charge in [-0.1, -0.05) is 84.6 Å². The van der Waals surface area contributed by atoms with Crippen molar-refractivity contribution in [1.29, 1.82) is 5.26 Å². The standard InChI is InChI=1S/C25H18N4OS/c26-16-20-13-7-8-14-21(20)27-24(30)17-31-25-28-22(18-9-3-1-4-10-18)15-23(29-25)19-11-5-2-6-12-19/h1-15H,17H2,(H,27,30). The van der Waals surface area contributed by atoms with Gasteiger partial charge >= 0.3 is 0 Å². The molecule has 3 aromatic carbocycles. The maximum atomic E-state index is 12.5. The molecule has 0 unspecified atom stereocenters. The molecule has 150 valence electrons. The summed E-state index contributed by atoms with van der Waals surface area (Å²) in [4.78, 5) is 21.8. The Morgan fingerprint density at radius 2 is 1.39 bits per heavy atom. The Morgan fingerprint density at radius 3 is 1.97 bits per heavy atom. The van der Waals surface area contributed by atoms with E-state index in [1.54, 1.807) is 24.3 Å². The SMILES string of the molecule is N#Cc1ccccc1NC(=O)CSc1nc(-c2ccccc2)cc(-c2ccccc2)n1. The average molecular weight is 423 g/mol. The molecule has 1 N–H and O–H groups in total. The smallest absolute Gasteiger partial charge is 0.234 e. The number of nitrogens with one attached hydrogen (secondary N) is 1. The first-order valence-electron chi connectivity index (χ1n) is 9.64. The summed E-state index contributed by atoms with van der Waals surface area (Å²) < 4.78 is 0. The van der Waals surface area contributed by atoms with Gasteiger partial charge in [0.1, 0.15) is 6.07 Å². The fourth-order valence-corrected chi connectivity index (χ4v) is 3.67. The molecule has 4 aromatic rings. The van der Waals surface area contributed by atoms with Crippen LogP contribution in [0.25, 0.3) is 22.5 Å². The maximum absolute atomic E-state index is 12.5. The molecule has 0 spiro atoms. The van der Waals surface area contributed by atoms with E-state index in [9.17, 15) is 10.1 Å². The molecule has 4 rings (SSSR count). The Bertz CT molecular complexity index is 1180. The van der Waals surface area contributed by atoms with Crippen molar-refractivity contribution >= 4 is 23.4 Å². The van der Waals surface area contributed by atoms with Gasteiger partial charge in [0.05, 0.1) is 28.4 Å². The molecule has 1 aromatic heterocycles. The van der Waals surface area contributed by atoms with Gasteiger partial charge in [-0.2, -0.15) is 5.26 Å². The largest absolute Gasteiger partial charge is 0.324 e. The molecule has 1 heterocycles. The number of amides is 1. The van der Waals surface area contributed by atoms with E-state index in [1.165, 1.54) is 11.8 Å². The third-order valence-electron chi connectivity index (χ3n) is 4.50. The number of benzene rings is 3. The van der Waals surface area contributed by atoms with E-state index in [-0.39, 0.29) is 11.7 Å². The van der Waals surface area contributed by atoms with E-state index in [4.69, 9.17) is 0 Å². The molecule has 31 heavy (non-hydrogen) atoms. The normalized spacial score (nSPS) is 10.3. The number of carbonyl (C=O) groups is 1. The lowest BCUT2D eigenvalue weighted by atomic mass is 10.1. The Labute approximate surface area is 184 Å². The Hall–Kier alpha value is -3.95. The van der Waals surface area contributed by atoms with Crippen LogP contribution < -0.4 is 5.32 Å². The van der Waals surface area contributed by atoms with Crippen LogP contribution in [0.5, 0.6) is 0 Å². The van der Waals surface area contributed by atoms with Crippen molar-refractivity contribution in [2.24, 2.45) is 0 Å². The topological polar surface area (TPSA) is 78.7 Å². The van der Waals surface area contributed by atoms with E-state index in [0.717, 1.165) is 22.5 Å². The zero-order valence-electron chi connectivity index (χ0n) is 16.5. The lowest BCUT2D eigenvalue weighted by Gasteiger charge is -2.09. The van der Waals surface area contributed by atoms with E-state index in [1.807, 2.05) is 66.7 Å². The molecule has 0 aliphatic rings. The highest BCUT2D eigenvalue weighted by molar-refractivity contribution is 7.99. The molecule has 0 atom stereocenters. The molecule has 6 heteroatoms. The van der Waals surface area contributed by atoms with Crippen molar-refractivity contribution in [2.75, 3.05) is 11.1 Å². The first-order valence-corrected chi connectivity index (χ1v) is 10.6. The molecule has 0 saturated heterocycles. The summed E-state index contributed by atoms with van der Waals surface area (Å²) in [5.74, 6) is -0.0886. The lowest BCUT2D eigenvalue weighted by Crippen LogP contribution is -2.15. The number of nitriles is 1. The molecule has 0 bridgehead atoms. The van der Waals surface area contributed by atoms with Gasteiger partial charge in [0.15, 0.2) is 5.16 Å². The zero-order valence-corrected chi connectivity index (χ0v) is 17.3. The van der Waals surface area contributed by atoms with Gasteiger partial charge in [-0.05, 0) is 18.2 Å². The fourth-order valence-electron chi connectivity index (χ4n) is 3.01. The summed E-state index contributed by atoms with van der Waals surface area (Å²) >= 11 is 1.26. The first-order chi connectivity index (χ1) is 15.2. The summed E-state index contributed by atoms with van der Waals surface area (Å²) in [6, 6.07) is 30.7. The molecule has 0 aliphatic heterocycles. The van der Waals surface area contributed by atoms with Crippen LogP contribution in [0.15, 0.2) is 96.2 Å². The molecular weight excluding hydrogens is 404 g/mol. The molecule has 0 radical (unpaired) electrons. The van der Waals surface area contributed by atoms with Gasteiger partial charge < -0.3 is 5.32 Å². The van der Waals surface area contributed by atoms with Crippen molar-refractivity contribution < 1.29 is 4.79 Å². The quantitative estimate of drug-likeness (QED) is 0.332. The van der Waals surface area contributed by atoms with Gasteiger partial charge in [-0.15, -0.1) is 0 Å². The Balaban J connectivity index is 1.57. The highest BCUT2D eigenvalue weighted by Gasteiger charge is 2.12. The van der Waals surface area contributed by atoms with Crippen molar-refractivity contribution in [1.82, 2.24) is 9.97 Å². The average Bonchev–Trinajstić information content (AvgIpc) is 2.84. The van der Waals surface area contributed by atoms with E-state index >= 15 is 0 Å². The number of rotatable bonds is 6. The summed E-state index contributed by atoms with van der Waals surface area (Å²) in [6.07, 6.45) is 0. The summed E-state index contributed by atoms with van der Waals surface area (Å²) in [5, 5.41) is 12.5.